The zero-order valence-electron chi connectivity index (χ0n) is 12.3. The van der Waals surface area contributed by atoms with Crippen LogP contribution in [0.15, 0.2) is 48.5 Å². The van der Waals surface area contributed by atoms with Crippen LogP contribution >= 0.6 is 0 Å². The Labute approximate surface area is 136 Å². The smallest absolute Gasteiger partial charge is 0.206 e. The third kappa shape index (κ3) is 5.02. The number of halogens is 4. The first-order valence-electron chi connectivity index (χ1n) is 6.82. The Balaban J connectivity index is 2.02. The summed E-state index contributed by atoms with van der Waals surface area (Å²) >= 11 is 0. The van der Waals surface area contributed by atoms with Crippen LogP contribution in [0.5, 0.6) is 0 Å². The minimum absolute atomic E-state index is 0.00124. The molecule has 130 valence electrons. The van der Waals surface area contributed by atoms with Gasteiger partial charge in [-0.05, 0) is 11.6 Å². The average molecular weight is 362 g/mol. The molecule has 0 radical (unpaired) electrons. The van der Waals surface area contributed by atoms with Gasteiger partial charge in [-0.3, -0.25) is 0 Å². The zero-order valence-corrected chi connectivity index (χ0v) is 13.1. The van der Waals surface area contributed by atoms with Gasteiger partial charge in [-0.2, -0.15) is 31.0 Å². The largest absolute Gasteiger partial charge is 0.419 e. The van der Waals surface area contributed by atoms with Crippen molar-refractivity contribution >= 4 is 10.2 Å². The molecule has 0 saturated heterocycles. The number of nitrogens with one attached hydrogen (secondary N) is 2. The highest BCUT2D eigenvalue weighted by Gasteiger charge is 2.34. The van der Waals surface area contributed by atoms with E-state index in [1.54, 1.807) is 30.3 Å². The molecule has 0 atom stereocenters. The molecule has 0 spiro atoms. The number of rotatable bonds is 6. The first-order chi connectivity index (χ1) is 11.2. The summed E-state index contributed by atoms with van der Waals surface area (Å²) < 4.78 is 79.5. The van der Waals surface area contributed by atoms with Gasteiger partial charge in [-0.1, -0.05) is 42.5 Å². The lowest BCUT2D eigenvalue weighted by Gasteiger charge is -2.12. The molecule has 2 aromatic rings. The fourth-order valence-corrected chi connectivity index (χ4v) is 2.74. The van der Waals surface area contributed by atoms with Crippen LogP contribution in [0.1, 0.15) is 16.7 Å². The van der Waals surface area contributed by atoms with Crippen LogP contribution in [0, 0.1) is 5.82 Å². The van der Waals surface area contributed by atoms with Crippen molar-refractivity contribution in [3.8, 4) is 0 Å². The van der Waals surface area contributed by atoms with Gasteiger partial charge in [0.2, 0.25) is 0 Å². The molecule has 0 aliphatic carbocycles. The highest BCUT2D eigenvalue weighted by Crippen LogP contribution is 2.32. The molecule has 9 heteroatoms. The summed E-state index contributed by atoms with van der Waals surface area (Å²) in [6.45, 7) is -0.596. The highest BCUT2D eigenvalue weighted by atomic mass is 32.2. The second kappa shape index (κ2) is 7.29. The van der Waals surface area contributed by atoms with E-state index >= 15 is 0 Å². The topological polar surface area (TPSA) is 58.2 Å². The van der Waals surface area contributed by atoms with Crippen molar-refractivity contribution in [2.45, 2.75) is 19.3 Å². The molecule has 2 rings (SSSR count). The number of benzene rings is 2. The Kier molecular flexibility index (Phi) is 5.58. The van der Waals surface area contributed by atoms with Crippen molar-refractivity contribution in [1.82, 2.24) is 9.44 Å². The van der Waals surface area contributed by atoms with E-state index in [0.717, 1.165) is 12.1 Å². The Morgan fingerprint density at radius 3 is 2.12 bits per heavy atom. The van der Waals surface area contributed by atoms with Gasteiger partial charge in [0, 0.05) is 18.7 Å². The molecule has 0 aliphatic rings. The van der Waals surface area contributed by atoms with Crippen LogP contribution < -0.4 is 9.44 Å². The zero-order chi connectivity index (χ0) is 17.8. The summed E-state index contributed by atoms with van der Waals surface area (Å²) in [5.74, 6) is -1.49. The maximum atomic E-state index is 13.8. The standard InChI is InChI=1S/C15H14F4N2O2S/c16-14-12(7-4-8-13(14)15(17,18)19)10-21-24(22,23)20-9-11-5-2-1-3-6-11/h1-8,20-21H,9-10H2. The summed E-state index contributed by atoms with van der Waals surface area (Å²) in [4.78, 5) is 0. The number of alkyl halides is 3. The first-order valence-corrected chi connectivity index (χ1v) is 8.30. The molecule has 4 nitrogen and oxygen atoms in total. The Bertz CT molecular complexity index is 793. The molecule has 0 fully saturated rings. The van der Waals surface area contributed by atoms with Gasteiger partial charge < -0.3 is 0 Å². The lowest BCUT2D eigenvalue weighted by atomic mass is 10.1. The van der Waals surface area contributed by atoms with E-state index in [1.165, 1.54) is 0 Å². The van der Waals surface area contributed by atoms with Gasteiger partial charge in [0.1, 0.15) is 5.82 Å². The third-order valence-corrected chi connectivity index (χ3v) is 4.19. The van der Waals surface area contributed by atoms with Gasteiger partial charge in [0.15, 0.2) is 0 Å². The van der Waals surface area contributed by atoms with Crippen molar-refractivity contribution < 1.29 is 26.0 Å². The second-order valence-corrected chi connectivity index (χ2v) is 6.49. The van der Waals surface area contributed by atoms with Crippen LogP contribution in [0.4, 0.5) is 17.6 Å². The summed E-state index contributed by atoms with van der Waals surface area (Å²) in [6, 6.07) is 11.3. The normalized spacial score (nSPS) is 12.3. The molecule has 0 heterocycles. The molecule has 0 saturated carbocycles. The lowest BCUT2D eigenvalue weighted by Crippen LogP contribution is -2.36. The van der Waals surface area contributed by atoms with Crippen molar-refractivity contribution in [3.63, 3.8) is 0 Å². The van der Waals surface area contributed by atoms with E-state index < -0.39 is 39.9 Å². The maximum absolute atomic E-state index is 13.8. The monoisotopic (exact) mass is 362 g/mol. The summed E-state index contributed by atoms with van der Waals surface area (Å²) in [5.41, 5.74) is -1.13. The minimum atomic E-state index is -4.84. The minimum Gasteiger partial charge on any atom is -0.206 e. The quantitative estimate of drug-likeness (QED) is 0.777. The molecule has 2 N–H and O–H groups in total. The molecule has 0 amide bonds. The van der Waals surface area contributed by atoms with Crippen LogP contribution in [0.25, 0.3) is 0 Å². The van der Waals surface area contributed by atoms with Crippen molar-refractivity contribution in [1.29, 1.82) is 0 Å². The molecular weight excluding hydrogens is 348 g/mol. The molecular formula is C15H14F4N2O2S. The highest BCUT2D eigenvalue weighted by molar-refractivity contribution is 7.87. The number of hydrogen-bond acceptors (Lipinski definition) is 2. The molecule has 0 unspecified atom stereocenters. The van der Waals surface area contributed by atoms with Crippen molar-refractivity contribution in [2.75, 3.05) is 0 Å². The molecule has 0 aliphatic heterocycles. The maximum Gasteiger partial charge on any atom is 0.419 e. The van der Waals surface area contributed by atoms with E-state index in [2.05, 4.69) is 4.72 Å². The Morgan fingerprint density at radius 1 is 0.875 bits per heavy atom. The fourth-order valence-electron chi connectivity index (χ4n) is 1.93. The molecule has 0 aromatic heterocycles. The van der Waals surface area contributed by atoms with Gasteiger partial charge in [-0.25, -0.2) is 4.39 Å². The van der Waals surface area contributed by atoms with Crippen molar-refractivity contribution in [2.24, 2.45) is 0 Å². The second-order valence-electron chi connectivity index (χ2n) is 4.91. The van der Waals surface area contributed by atoms with Gasteiger partial charge >= 0.3 is 6.18 Å². The van der Waals surface area contributed by atoms with E-state index in [1.807, 2.05) is 4.72 Å². The predicted octanol–water partition coefficient (Wildman–Crippen LogP) is 2.97. The average Bonchev–Trinajstić information content (AvgIpc) is 2.52. The SMILES string of the molecule is O=S(=O)(NCc1ccccc1)NCc1cccc(C(F)(F)F)c1F. The lowest BCUT2D eigenvalue weighted by molar-refractivity contribution is -0.140. The van der Waals surface area contributed by atoms with E-state index in [9.17, 15) is 26.0 Å². The van der Waals surface area contributed by atoms with Crippen LogP contribution in [0.2, 0.25) is 0 Å². The first kappa shape index (κ1) is 18.4. The van der Waals surface area contributed by atoms with Crippen LogP contribution in [-0.4, -0.2) is 8.42 Å². The van der Waals surface area contributed by atoms with Crippen LogP contribution in [-0.2, 0) is 29.5 Å². The third-order valence-electron chi connectivity index (χ3n) is 3.15. The van der Waals surface area contributed by atoms with E-state index in [4.69, 9.17) is 0 Å². The van der Waals surface area contributed by atoms with Gasteiger partial charge in [0.25, 0.3) is 10.2 Å². The van der Waals surface area contributed by atoms with Gasteiger partial charge in [0.05, 0.1) is 5.56 Å². The van der Waals surface area contributed by atoms with E-state index in [0.29, 0.717) is 11.6 Å². The van der Waals surface area contributed by atoms with Crippen molar-refractivity contribution in [3.05, 3.63) is 71.0 Å². The van der Waals surface area contributed by atoms with Crippen LogP contribution in [0.3, 0.4) is 0 Å². The predicted molar refractivity (Wildman–Crippen MR) is 80.4 cm³/mol. The summed E-state index contributed by atoms with van der Waals surface area (Å²) in [6.07, 6.45) is -4.84. The molecule has 0 bridgehead atoms. The Hall–Kier alpha value is -1.97. The fraction of sp³-hybridized carbons (Fsp3) is 0.200. The van der Waals surface area contributed by atoms with E-state index in [-0.39, 0.29) is 6.54 Å². The molecule has 2 aromatic carbocycles. The molecule has 24 heavy (non-hydrogen) atoms. The number of hydrogen-bond donors (Lipinski definition) is 2. The Morgan fingerprint density at radius 2 is 1.50 bits per heavy atom. The van der Waals surface area contributed by atoms with Gasteiger partial charge in [-0.15, -0.1) is 0 Å². The summed E-state index contributed by atoms with van der Waals surface area (Å²) in [7, 11) is -3.99. The summed E-state index contributed by atoms with van der Waals surface area (Å²) in [5, 5.41) is 0.